The zero-order valence-electron chi connectivity index (χ0n) is 17.8. The van der Waals surface area contributed by atoms with Gasteiger partial charge in [-0.15, -0.1) is 0 Å². The van der Waals surface area contributed by atoms with Gasteiger partial charge in [0.2, 0.25) is 0 Å². The minimum Gasteiger partial charge on any atom is -0.394 e. The maximum absolute atomic E-state index is 12.7. The van der Waals surface area contributed by atoms with Crippen molar-refractivity contribution < 1.29 is 24.1 Å². The van der Waals surface area contributed by atoms with Crippen molar-refractivity contribution in [1.29, 1.82) is 0 Å². The van der Waals surface area contributed by atoms with Gasteiger partial charge in [0.15, 0.2) is 0 Å². The third kappa shape index (κ3) is 7.54. The Labute approximate surface area is 186 Å². The fraction of sp³-hybridized carbons (Fsp3) is 0.348. The summed E-state index contributed by atoms with van der Waals surface area (Å²) in [5.41, 5.74) is 2.46. The van der Waals surface area contributed by atoms with Crippen LogP contribution < -0.4 is 10.6 Å². The number of amides is 1. The van der Waals surface area contributed by atoms with Crippen LogP contribution in [-0.2, 0) is 14.2 Å². The highest BCUT2D eigenvalue weighted by Crippen LogP contribution is 2.21. The van der Waals surface area contributed by atoms with Gasteiger partial charge >= 0.3 is 0 Å². The van der Waals surface area contributed by atoms with Crippen LogP contribution in [0, 0.1) is 0 Å². The molecule has 0 atom stereocenters. The molecule has 2 heterocycles. The molecule has 0 spiro atoms. The fourth-order valence-corrected chi connectivity index (χ4v) is 2.93. The first-order valence-electron chi connectivity index (χ1n) is 10.5. The number of para-hydroxylation sites is 1. The van der Waals surface area contributed by atoms with Crippen molar-refractivity contribution in [3.05, 3.63) is 60.6 Å². The molecule has 0 saturated heterocycles. The molecule has 0 fully saturated rings. The number of carbonyl (C=O) groups excluding carboxylic acids is 1. The number of aliphatic hydroxyl groups excluding tert-OH is 1. The molecule has 0 bridgehead atoms. The molecule has 9 nitrogen and oxygen atoms in total. The van der Waals surface area contributed by atoms with Crippen molar-refractivity contribution >= 4 is 28.2 Å². The summed E-state index contributed by atoms with van der Waals surface area (Å²) < 4.78 is 16.0. The van der Waals surface area contributed by atoms with Crippen LogP contribution in [0.3, 0.4) is 0 Å². The number of rotatable bonds is 14. The van der Waals surface area contributed by atoms with E-state index < -0.39 is 0 Å². The number of aromatic nitrogens is 2. The van der Waals surface area contributed by atoms with Crippen LogP contribution in [-0.4, -0.2) is 73.8 Å². The van der Waals surface area contributed by atoms with Gasteiger partial charge in [0.1, 0.15) is 5.69 Å². The molecule has 1 aromatic carbocycles. The van der Waals surface area contributed by atoms with E-state index in [4.69, 9.17) is 19.3 Å². The molecule has 0 saturated carbocycles. The standard InChI is InChI=1S/C23H28N4O5/c28-10-12-31-14-16-32-15-13-30-11-9-24-19-6-8-25-21(17-19)23(29)27-20-5-1-3-18-4-2-7-26-22(18)20/h1-8,17,28H,9-16H2,(H,24,25)(H,27,29). The minimum absolute atomic E-state index is 0.0153. The first kappa shape index (κ1) is 23.6. The molecule has 3 rings (SSSR count). The summed E-state index contributed by atoms with van der Waals surface area (Å²) in [6.45, 7) is 3.30. The molecule has 9 heteroatoms. The molecule has 0 unspecified atom stereocenters. The van der Waals surface area contributed by atoms with Crippen LogP contribution in [0.1, 0.15) is 10.5 Å². The molecule has 1 amide bonds. The van der Waals surface area contributed by atoms with Gasteiger partial charge in [0.05, 0.1) is 57.5 Å². The van der Waals surface area contributed by atoms with Crippen LogP contribution >= 0.6 is 0 Å². The minimum atomic E-state index is -0.303. The monoisotopic (exact) mass is 440 g/mol. The number of ether oxygens (including phenoxy) is 3. The predicted octanol–water partition coefficient (Wildman–Crippen LogP) is 2.34. The summed E-state index contributed by atoms with van der Waals surface area (Å²) in [5.74, 6) is -0.303. The molecule has 3 N–H and O–H groups in total. The van der Waals surface area contributed by atoms with E-state index in [1.807, 2.05) is 30.3 Å². The molecular weight excluding hydrogens is 412 g/mol. The van der Waals surface area contributed by atoms with E-state index in [-0.39, 0.29) is 12.5 Å². The zero-order chi connectivity index (χ0) is 22.4. The van der Waals surface area contributed by atoms with E-state index >= 15 is 0 Å². The van der Waals surface area contributed by atoms with Crippen LogP contribution in [0.15, 0.2) is 54.9 Å². The third-order valence-electron chi connectivity index (χ3n) is 4.43. The van der Waals surface area contributed by atoms with Crippen molar-refractivity contribution in [2.24, 2.45) is 0 Å². The van der Waals surface area contributed by atoms with Crippen molar-refractivity contribution in [3.8, 4) is 0 Å². The van der Waals surface area contributed by atoms with Crippen molar-refractivity contribution in [2.45, 2.75) is 0 Å². The molecule has 0 aliphatic rings. The molecule has 3 aromatic rings. The average Bonchev–Trinajstić information content (AvgIpc) is 2.83. The van der Waals surface area contributed by atoms with Gasteiger partial charge in [-0.05, 0) is 24.3 Å². The van der Waals surface area contributed by atoms with Gasteiger partial charge in [-0.2, -0.15) is 0 Å². The second-order valence-corrected chi connectivity index (χ2v) is 6.75. The highest BCUT2D eigenvalue weighted by Gasteiger charge is 2.11. The molecule has 0 aliphatic carbocycles. The number of hydrogen-bond acceptors (Lipinski definition) is 8. The molecule has 0 aliphatic heterocycles. The lowest BCUT2D eigenvalue weighted by Crippen LogP contribution is -2.16. The van der Waals surface area contributed by atoms with Crippen LogP contribution in [0.25, 0.3) is 10.9 Å². The average molecular weight is 441 g/mol. The number of aliphatic hydroxyl groups is 1. The van der Waals surface area contributed by atoms with E-state index in [0.717, 1.165) is 16.6 Å². The number of anilines is 2. The van der Waals surface area contributed by atoms with Crippen molar-refractivity contribution in [3.63, 3.8) is 0 Å². The number of nitrogens with one attached hydrogen (secondary N) is 2. The summed E-state index contributed by atoms with van der Waals surface area (Å²) in [5, 5.41) is 15.6. The number of carbonyl (C=O) groups is 1. The number of benzene rings is 1. The first-order valence-corrected chi connectivity index (χ1v) is 10.5. The summed E-state index contributed by atoms with van der Waals surface area (Å²) in [6.07, 6.45) is 3.29. The van der Waals surface area contributed by atoms with E-state index in [1.165, 1.54) is 0 Å². The highest BCUT2D eigenvalue weighted by molar-refractivity contribution is 6.07. The Morgan fingerprint density at radius 3 is 2.44 bits per heavy atom. The Morgan fingerprint density at radius 2 is 1.62 bits per heavy atom. The number of hydrogen-bond donors (Lipinski definition) is 3. The van der Waals surface area contributed by atoms with Crippen molar-refractivity contribution in [1.82, 2.24) is 9.97 Å². The van der Waals surface area contributed by atoms with E-state index in [9.17, 15) is 4.79 Å². The third-order valence-corrected chi connectivity index (χ3v) is 4.43. The molecule has 170 valence electrons. The topological polar surface area (TPSA) is 115 Å². The van der Waals surface area contributed by atoms with Crippen LogP contribution in [0.2, 0.25) is 0 Å². The molecule has 32 heavy (non-hydrogen) atoms. The Balaban J connectivity index is 1.39. The van der Waals surface area contributed by atoms with Crippen LogP contribution in [0.4, 0.5) is 11.4 Å². The highest BCUT2D eigenvalue weighted by atomic mass is 16.5. The predicted molar refractivity (Wildman–Crippen MR) is 122 cm³/mol. The van der Waals surface area contributed by atoms with E-state index in [2.05, 4.69) is 20.6 Å². The number of pyridine rings is 2. The van der Waals surface area contributed by atoms with E-state index in [0.29, 0.717) is 57.6 Å². The second kappa shape index (κ2) is 13.3. The summed E-state index contributed by atoms with van der Waals surface area (Å²) in [7, 11) is 0. The number of fused-ring (bicyclic) bond motifs is 1. The lowest BCUT2D eigenvalue weighted by molar-refractivity contribution is 0.00920. The lowest BCUT2D eigenvalue weighted by Gasteiger charge is -2.10. The van der Waals surface area contributed by atoms with Gasteiger partial charge in [0, 0.05) is 30.0 Å². The SMILES string of the molecule is O=C(Nc1cccc2cccnc12)c1cc(NCCOCCOCCOCCO)ccn1. The maximum Gasteiger partial charge on any atom is 0.274 e. The van der Waals surface area contributed by atoms with Gasteiger partial charge in [-0.3, -0.25) is 14.8 Å². The van der Waals surface area contributed by atoms with Crippen molar-refractivity contribution in [2.75, 3.05) is 63.4 Å². The first-order chi connectivity index (χ1) is 15.8. The number of nitrogens with zero attached hydrogens (tertiary/aromatic N) is 2. The summed E-state index contributed by atoms with van der Waals surface area (Å²) in [4.78, 5) is 21.2. The molecule has 0 radical (unpaired) electrons. The lowest BCUT2D eigenvalue weighted by atomic mass is 10.2. The van der Waals surface area contributed by atoms with Gasteiger partial charge < -0.3 is 30.0 Å². The zero-order valence-corrected chi connectivity index (χ0v) is 17.8. The smallest absolute Gasteiger partial charge is 0.274 e. The summed E-state index contributed by atoms with van der Waals surface area (Å²) >= 11 is 0. The Morgan fingerprint density at radius 1 is 0.875 bits per heavy atom. The van der Waals surface area contributed by atoms with E-state index in [1.54, 1.807) is 24.5 Å². The summed E-state index contributed by atoms with van der Waals surface area (Å²) in [6, 6.07) is 12.9. The maximum atomic E-state index is 12.7. The fourth-order valence-electron chi connectivity index (χ4n) is 2.93. The van der Waals surface area contributed by atoms with Gasteiger partial charge in [0.25, 0.3) is 5.91 Å². The Hall–Kier alpha value is -3.11. The largest absolute Gasteiger partial charge is 0.394 e. The Kier molecular flexibility index (Phi) is 9.81. The van der Waals surface area contributed by atoms with Crippen LogP contribution in [0.5, 0.6) is 0 Å². The molecule has 2 aromatic heterocycles. The quantitative estimate of drug-likeness (QED) is 0.327. The second-order valence-electron chi connectivity index (χ2n) is 6.75. The normalized spacial score (nSPS) is 10.9. The Bertz CT molecular complexity index is 980. The van der Waals surface area contributed by atoms with Gasteiger partial charge in [-0.1, -0.05) is 18.2 Å². The molecular formula is C23H28N4O5. The van der Waals surface area contributed by atoms with Gasteiger partial charge in [-0.25, -0.2) is 0 Å².